The van der Waals surface area contributed by atoms with Crippen LogP contribution < -0.4 is 0 Å². The van der Waals surface area contributed by atoms with Crippen LogP contribution in [0.5, 0.6) is 0 Å². The summed E-state index contributed by atoms with van der Waals surface area (Å²) in [4.78, 5) is 0. The minimum atomic E-state index is 0.429. The number of hydrogen-bond donors (Lipinski definition) is 0. The second-order valence-electron chi connectivity index (χ2n) is 8.19. The van der Waals surface area contributed by atoms with Crippen LogP contribution in [0.15, 0.2) is 48.5 Å². The molecule has 0 aliphatic heterocycles. The summed E-state index contributed by atoms with van der Waals surface area (Å²) in [5, 5.41) is 0. The van der Waals surface area contributed by atoms with Crippen molar-refractivity contribution in [1.82, 2.24) is 0 Å². The van der Waals surface area contributed by atoms with Crippen molar-refractivity contribution in [2.24, 2.45) is 0 Å². The van der Waals surface area contributed by atoms with E-state index in [4.69, 9.17) is 7.85 Å². The van der Waals surface area contributed by atoms with E-state index in [2.05, 4.69) is 48.5 Å². The fourth-order valence-electron chi connectivity index (χ4n) is 4.78. The molecule has 2 aliphatic rings. The monoisotopic (exact) mass is 328 g/mol. The van der Waals surface area contributed by atoms with E-state index in [0.717, 1.165) is 5.92 Å². The molecule has 2 aromatic rings. The van der Waals surface area contributed by atoms with Crippen LogP contribution >= 0.6 is 0 Å². The Kier molecular flexibility index (Phi) is 5.29. The average molecular weight is 328 g/mol. The van der Waals surface area contributed by atoms with E-state index in [9.17, 15) is 0 Å². The van der Waals surface area contributed by atoms with Gasteiger partial charge < -0.3 is 0 Å². The summed E-state index contributed by atoms with van der Waals surface area (Å²) in [7, 11) is 6.04. The van der Waals surface area contributed by atoms with Crippen LogP contribution in [0.3, 0.4) is 0 Å². The Morgan fingerprint density at radius 1 is 0.520 bits per heavy atom. The molecule has 2 fully saturated rings. The molecular weight excluding hydrogens is 299 g/mol. The first-order valence-electron chi connectivity index (χ1n) is 10.3. The third-order valence-corrected chi connectivity index (χ3v) is 6.47. The standard InChI is InChI=1S/C24H29B/c25-24-16-14-23(15-17-24)22-12-10-21(11-13-22)20-8-6-19(7-9-20)18-4-2-1-3-5-18/h6-13,18,23-24H,1-5,14-17H2. The van der Waals surface area contributed by atoms with Gasteiger partial charge in [0.15, 0.2) is 0 Å². The Bertz CT molecular complexity index is 656. The third kappa shape index (κ3) is 4.02. The fourth-order valence-corrected chi connectivity index (χ4v) is 4.78. The van der Waals surface area contributed by atoms with Crippen LogP contribution in [0.1, 0.15) is 80.8 Å². The van der Waals surface area contributed by atoms with Gasteiger partial charge in [0.1, 0.15) is 0 Å². The Labute approximate surface area is 154 Å². The van der Waals surface area contributed by atoms with Crippen LogP contribution in [0.2, 0.25) is 5.82 Å². The smallest absolute Gasteiger partial charge is 0.0699 e. The molecule has 1 heteroatoms. The van der Waals surface area contributed by atoms with Crippen LogP contribution in [-0.4, -0.2) is 7.85 Å². The van der Waals surface area contributed by atoms with E-state index < -0.39 is 0 Å². The van der Waals surface area contributed by atoms with Gasteiger partial charge in [0.2, 0.25) is 0 Å². The summed E-state index contributed by atoms with van der Waals surface area (Å²) in [5.41, 5.74) is 5.72. The zero-order chi connectivity index (χ0) is 17.1. The quantitative estimate of drug-likeness (QED) is 0.531. The summed E-state index contributed by atoms with van der Waals surface area (Å²) in [6.45, 7) is 0. The van der Waals surface area contributed by atoms with E-state index in [1.165, 1.54) is 74.5 Å². The first kappa shape index (κ1) is 16.9. The summed E-state index contributed by atoms with van der Waals surface area (Å²) in [6.07, 6.45) is 11.8. The van der Waals surface area contributed by atoms with Crippen molar-refractivity contribution >= 4 is 7.85 Å². The number of rotatable bonds is 3. The lowest BCUT2D eigenvalue weighted by atomic mass is 9.70. The van der Waals surface area contributed by atoms with E-state index in [1.807, 2.05) is 0 Å². The second kappa shape index (κ2) is 7.81. The van der Waals surface area contributed by atoms with Crippen LogP contribution in [-0.2, 0) is 0 Å². The predicted molar refractivity (Wildman–Crippen MR) is 108 cm³/mol. The molecule has 128 valence electrons. The van der Waals surface area contributed by atoms with Gasteiger partial charge in [-0.15, -0.1) is 0 Å². The van der Waals surface area contributed by atoms with Crippen molar-refractivity contribution in [1.29, 1.82) is 0 Å². The molecular formula is C24H29B. The van der Waals surface area contributed by atoms with Crippen molar-refractivity contribution in [2.75, 3.05) is 0 Å². The molecule has 0 N–H and O–H groups in total. The van der Waals surface area contributed by atoms with E-state index in [1.54, 1.807) is 5.56 Å². The van der Waals surface area contributed by atoms with E-state index in [0.29, 0.717) is 11.7 Å². The molecule has 4 rings (SSSR count). The average Bonchev–Trinajstić information content (AvgIpc) is 2.70. The highest BCUT2D eigenvalue weighted by Crippen LogP contribution is 2.38. The molecule has 0 spiro atoms. The highest BCUT2D eigenvalue weighted by molar-refractivity contribution is 6.11. The van der Waals surface area contributed by atoms with Gasteiger partial charge in [0.05, 0.1) is 7.85 Å². The second-order valence-corrected chi connectivity index (χ2v) is 8.19. The van der Waals surface area contributed by atoms with E-state index in [-0.39, 0.29) is 0 Å². The molecule has 2 radical (unpaired) electrons. The van der Waals surface area contributed by atoms with Crippen molar-refractivity contribution < 1.29 is 0 Å². The van der Waals surface area contributed by atoms with Crippen LogP contribution in [0.25, 0.3) is 11.1 Å². The molecule has 0 unspecified atom stereocenters. The van der Waals surface area contributed by atoms with Crippen molar-refractivity contribution in [3.05, 3.63) is 59.7 Å². The van der Waals surface area contributed by atoms with Crippen LogP contribution in [0, 0.1) is 0 Å². The maximum Gasteiger partial charge on any atom is 0.0699 e. The maximum atomic E-state index is 6.04. The molecule has 0 aromatic heterocycles. The minimum absolute atomic E-state index is 0.429. The molecule has 0 heterocycles. The van der Waals surface area contributed by atoms with Gasteiger partial charge in [-0.05, 0) is 59.8 Å². The maximum absolute atomic E-state index is 6.04. The first-order chi connectivity index (χ1) is 12.3. The van der Waals surface area contributed by atoms with Gasteiger partial charge >= 0.3 is 0 Å². The van der Waals surface area contributed by atoms with Gasteiger partial charge in [0.25, 0.3) is 0 Å². The van der Waals surface area contributed by atoms with Gasteiger partial charge in [-0.1, -0.05) is 86.5 Å². The van der Waals surface area contributed by atoms with Crippen molar-refractivity contribution in [2.45, 2.75) is 75.4 Å². The largest absolute Gasteiger partial charge is 0.0773 e. The highest BCUT2D eigenvalue weighted by atomic mass is 14.2. The molecule has 0 amide bonds. The Balaban J connectivity index is 1.44. The summed E-state index contributed by atoms with van der Waals surface area (Å²) >= 11 is 0. The molecule has 0 atom stereocenters. The molecule has 2 aliphatic carbocycles. The first-order valence-corrected chi connectivity index (χ1v) is 10.3. The molecule has 0 saturated heterocycles. The lowest BCUT2D eigenvalue weighted by molar-refractivity contribution is 0.443. The van der Waals surface area contributed by atoms with Gasteiger partial charge in [-0.3, -0.25) is 0 Å². The fraction of sp³-hybridized carbons (Fsp3) is 0.500. The molecule has 0 nitrogen and oxygen atoms in total. The summed E-state index contributed by atoms with van der Waals surface area (Å²) < 4.78 is 0. The van der Waals surface area contributed by atoms with Crippen molar-refractivity contribution in [3.8, 4) is 11.1 Å². The van der Waals surface area contributed by atoms with Gasteiger partial charge in [-0.25, -0.2) is 0 Å². The SMILES string of the molecule is [B]C1CCC(c2ccc(-c3ccc(C4CCCCC4)cc3)cc2)CC1. The highest BCUT2D eigenvalue weighted by Gasteiger charge is 2.19. The topological polar surface area (TPSA) is 0 Å². The zero-order valence-corrected chi connectivity index (χ0v) is 15.3. The Morgan fingerprint density at radius 3 is 1.44 bits per heavy atom. The van der Waals surface area contributed by atoms with E-state index >= 15 is 0 Å². The Hall–Kier alpha value is -1.50. The summed E-state index contributed by atoms with van der Waals surface area (Å²) in [6, 6.07) is 18.7. The van der Waals surface area contributed by atoms with Gasteiger partial charge in [-0.2, -0.15) is 0 Å². The normalized spacial score (nSPS) is 25.0. The lowest BCUT2D eigenvalue weighted by Gasteiger charge is -2.26. The van der Waals surface area contributed by atoms with Crippen molar-refractivity contribution in [3.63, 3.8) is 0 Å². The molecule has 25 heavy (non-hydrogen) atoms. The molecule has 2 aromatic carbocycles. The lowest BCUT2D eigenvalue weighted by Crippen LogP contribution is -2.09. The summed E-state index contributed by atoms with van der Waals surface area (Å²) in [5.74, 6) is 1.93. The number of benzene rings is 2. The van der Waals surface area contributed by atoms with Crippen LogP contribution in [0.4, 0.5) is 0 Å². The number of hydrogen-bond acceptors (Lipinski definition) is 0. The van der Waals surface area contributed by atoms with Gasteiger partial charge in [0, 0.05) is 0 Å². The molecule has 0 bridgehead atoms. The molecule has 2 saturated carbocycles. The third-order valence-electron chi connectivity index (χ3n) is 6.47. The zero-order valence-electron chi connectivity index (χ0n) is 15.3. The predicted octanol–water partition coefficient (Wildman–Crippen LogP) is 7.02. The Morgan fingerprint density at radius 2 is 0.960 bits per heavy atom. The minimum Gasteiger partial charge on any atom is -0.0773 e.